The number of hydrogen-bond donors (Lipinski definition) is 1. The molecule has 0 saturated carbocycles. The second-order valence-electron chi connectivity index (χ2n) is 17.8. The standard InChI is InChI=1S/C34H37F2N7O4.C15H13ClF2N2O/c1-20-32(31-24(36)13-22(35)14-26(31)41-33(20)43-8-6-5-7-29(43)44)40-25-15-28(42-9-11-46-12-10-42)39-19-23(25)21-17-37-27(38-18-21)16-30(45)47-34(2,3)4;1-8-14(16)13-10(18)6-9(17)7-11(13)19-15(8)20-5-3-2-4-12(20)21/h13-15,17-19H,5-12,16H2,1-4H3,(H,39,40,41);6-7H,2-5H2,1H3. The molecular weight excluding hydrogens is 906 g/mol. The van der Waals surface area contributed by atoms with Crippen molar-refractivity contribution in [2.24, 2.45) is 0 Å². The first-order valence-corrected chi connectivity index (χ1v) is 22.8. The van der Waals surface area contributed by atoms with Gasteiger partial charge in [-0.1, -0.05) is 11.6 Å². The molecule has 0 bridgehead atoms. The van der Waals surface area contributed by atoms with Gasteiger partial charge in [0, 0.05) is 110 Å². The van der Waals surface area contributed by atoms with Crippen LogP contribution in [0.1, 0.15) is 76.2 Å². The zero-order valence-electron chi connectivity index (χ0n) is 38.3. The van der Waals surface area contributed by atoms with Crippen molar-refractivity contribution in [1.82, 2.24) is 24.9 Å². The number of nitrogens with one attached hydrogen (secondary N) is 1. The number of hydrogen-bond acceptors (Lipinski definition) is 12. The first kappa shape index (κ1) is 47.9. The zero-order chi connectivity index (χ0) is 48.4. The van der Waals surface area contributed by atoms with E-state index < -0.39 is 34.8 Å². The highest BCUT2D eigenvalue weighted by atomic mass is 35.5. The normalized spacial score (nSPS) is 15.7. The Kier molecular flexibility index (Phi) is 14.1. The minimum Gasteiger partial charge on any atom is -0.460 e. The lowest BCUT2D eigenvalue weighted by Gasteiger charge is -2.30. The maximum Gasteiger partial charge on any atom is 0.314 e. The van der Waals surface area contributed by atoms with Crippen molar-refractivity contribution in [1.29, 1.82) is 0 Å². The maximum atomic E-state index is 15.6. The molecule has 0 aliphatic carbocycles. The number of fused-ring (bicyclic) bond motifs is 2. The highest BCUT2D eigenvalue weighted by Gasteiger charge is 2.28. The first-order chi connectivity index (χ1) is 32.4. The van der Waals surface area contributed by atoms with Gasteiger partial charge in [-0.3, -0.25) is 24.2 Å². The number of halogens is 5. The lowest BCUT2D eigenvalue weighted by molar-refractivity contribution is -0.154. The summed E-state index contributed by atoms with van der Waals surface area (Å²) in [5.41, 5.74) is 2.75. The van der Waals surface area contributed by atoms with E-state index >= 15 is 4.39 Å². The maximum absolute atomic E-state index is 15.6. The number of morpholine rings is 1. The van der Waals surface area contributed by atoms with Gasteiger partial charge in [0.1, 0.15) is 58.6 Å². The third-order valence-corrected chi connectivity index (χ3v) is 12.2. The van der Waals surface area contributed by atoms with Gasteiger partial charge in [-0.05, 0) is 60.3 Å². The van der Waals surface area contributed by atoms with Gasteiger partial charge in [0.2, 0.25) is 11.8 Å². The van der Waals surface area contributed by atoms with E-state index in [4.69, 9.17) is 26.1 Å². The molecule has 2 amide bonds. The fraction of sp³-hybridized carbons (Fsp3) is 0.388. The van der Waals surface area contributed by atoms with Crippen molar-refractivity contribution in [3.8, 4) is 11.1 Å². The van der Waals surface area contributed by atoms with E-state index in [0.717, 1.165) is 43.9 Å². The first-order valence-electron chi connectivity index (χ1n) is 22.4. The Hall–Kier alpha value is -6.53. The molecule has 4 aromatic heterocycles. The Morgan fingerprint density at radius 3 is 1.88 bits per heavy atom. The van der Waals surface area contributed by atoms with Crippen molar-refractivity contribution in [2.45, 2.75) is 85.2 Å². The van der Waals surface area contributed by atoms with Crippen LogP contribution >= 0.6 is 11.6 Å². The van der Waals surface area contributed by atoms with Crippen LogP contribution in [0.2, 0.25) is 5.02 Å². The van der Waals surface area contributed by atoms with Gasteiger partial charge in [0.25, 0.3) is 0 Å². The molecule has 7 heterocycles. The van der Waals surface area contributed by atoms with Gasteiger partial charge in [-0.25, -0.2) is 42.5 Å². The van der Waals surface area contributed by atoms with E-state index in [2.05, 4.69) is 30.2 Å². The summed E-state index contributed by atoms with van der Waals surface area (Å²) in [5, 5.41) is 3.77. The highest BCUT2D eigenvalue weighted by molar-refractivity contribution is 6.36. The van der Waals surface area contributed by atoms with Crippen molar-refractivity contribution in [3.63, 3.8) is 0 Å². The predicted molar refractivity (Wildman–Crippen MR) is 251 cm³/mol. The Morgan fingerprint density at radius 2 is 1.31 bits per heavy atom. The summed E-state index contributed by atoms with van der Waals surface area (Å²) in [5.74, 6) is -1.86. The van der Waals surface area contributed by atoms with Gasteiger partial charge < -0.3 is 19.7 Å². The van der Waals surface area contributed by atoms with E-state index in [9.17, 15) is 27.6 Å². The number of aromatic nitrogens is 5. The Bertz CT molecular complexity index is 2930. The molecule has 3 saturated heterocycles. The van der Waals surface area contributed by atoms with Gasteiger partial charge in [0.15, 0.2) is 0 Å². The number of esters is 1. The third-order valence-electron chi connectivity index (χ3n) is 11.7. The molecule has 1 N–H and O–H groups in total. The number of pyridine rings is 3. The average molecular weight is 956 g/mol. The third kappa shape index (κ3) is 10.5. The largest absolute Gasteiger partial charge is 0.460 e. The number of ether oxygens (including phenoxy) is 2. The number of carbonyl (C=O) groups excluding carboxylic acids is 3. The number of nitrogens with zero attached hydrogens (tertiary/aromatic N) is 8. The smallest absolute Gasteiger partial charge is 0.314 e. The van der Waals surface area contributed by atoms with Crippen molar-refractivity contribution in [2.75, 3.05) is 59.4 Å². The molecule has 3 aliphatic rings. The van der Waals surface area contributed by atoms with Gasteiger partial charge in [-0.15, -0.1) is 0 Å². The van der Waals surface area contributed by atoms with E-state index in [0.29, 0.717) is 109 Å². The molecular formula is C49H50ClF4N9O5. The molecule has 3 aliphatic heterocycles. The minimum atomic E-state index is -0.784. The molecule has 0 radical (unpaired) electrons. The number of benzene rings is 2. The van der Waals surface area contributed by atoms with E-state index in [1.165, 1.54) is 6.07 Å². The van der Waals surface area contributed by atoms with Crippen LogP contribution in [0.25, 0.3) is 32.9 Å². The summed E-state index contributed by atoms with van der Waals surface area (Å²) < 4.78 is 68.3. The fourth-order valence-corrected chi connectivity index (χ4v) is 8.72. The number of anilines is 5. The van der Waals surface area contributed by atoms with Crippen molar-refractivity contribution < 1.29 is 41.4 Å². The van der Waals surface area contributed by atoms with Crippen LogP contribution in [0.4, 0.5) is 46.4 Å². The lowest BCUT2D eigenvalue weighted by atomic mass is 10.0. The molecule has 19 heteroatoms. The zero-order valence-corrected chi connectivity index (χ0v) is 39.1. The van der Waals surface area contributed by atoms with Crippen LogP contribution in [0.3, 0.4) is 0 Å². The van der Waals surface area contributed by atoms with Crippen LogP contribution in [0.15, 0.2) is 48.9 Å². The van der Waals surface area contributed by atoms with Crippen LogP contribution in [-0.4, -0.2) is 87.7 Å². The summed E-state index contributed by atoms with van der Waals surface area (Å²) in [7, 11) is 0. The van der Waals surface area contributed by atoms with Crippen LogP contribution < -0.4 is 20.0 Å². The van der Waals surface area contributed by atoms with Gasteiger partial charge in [-0.2, -0.15) is 0 Å². The van der Waals surface area contributed by atoms with Gasteiger partial charge >= 0.3 is 5.97 Å². The number of rotatable bonds is 8. The van der Waals surface area contributed by atoms with Crippen LogP contribution in [-0.2, 0) is 30.3 Å². The van der Waals surface area contributed by atoms with E-state index in [1.54, 1.807) is 63.0 Å². The molecule has 0 spiro atoms. The summed E-state index contributed by atoms with van der Waals surface area (Å²) in [4.78, 5) is 65.0. The SMILES string of the molecule is Cc1c(N2CCCCC2=O)nc2cc(F)cc(F)c2c1Cl.Cc1c(N2CCCCC2=O)nc2cc(F)cc(F)c2c1Nc1cc(N2CCOCC2)ncc1-c1cnc(CC(=O)OC(C)(C)C)nc1. The van der Waals surface area contributed by atoms with Gasteiger partial charge in [0.05, 0.1) is 51.4 Å². The monoisotopic (exact) mass is 955 g/mol. The Balaban J connectivity index is 0.000000247. The van der Waals surface area contributed by atoms with E-state index in [1.807, 2.05) is 6.07 Å². The Morgan fingerprint density at radius 1 is 0.750 bits per heavy atom. The molecule has 0 unspecified atom stereocenters. The molecule has 356 valence electrons. The highest BCUT2D eigenvalue weighted by Crippen LogP contribution is 2.41. The molecule has 68 heavy (non-hydrogen) atoms. The molecule has 6 aromatic rings. The molecule has 14 nitrogen and oxygen atoms in total. The Labute approximate surface area is 395 Å². The number of amides is 2. The molecule has 9 rings (SSSR count). The van der Waals surface area contributed by atoms with E-state index in [-0.39, 0.29) is 45.1 Å². The quantitative estimate of drug-likeness (QED) is 0.114. The van der Waals surface area contributed by atoms with Crippen LogP contribution in [0, 0.1) is 37.1 Å². The van der Waals surface area contributed by atoms with Crippen LogP contribution in [0.5, 0.6) is 0 Å². The molecule has 2 aromatic carbocycles. The summed E-state index contributed by atoms with van der Waals surface area (Å²) >= 11 is 6.22. The number of piperidine rings is 2. The second kappa shape index (κ2) is 20.0. The summed E-state index contributed by atoms with van der Waals surface area (Å²) in [6, 6.07) is 5.76. The average Bonchev–Trinajstić information content (AvgIpc) is 3.29. The summed E-state index contributed by atoms with van der Waals surface area (Å²) in [6.07, 6.45) is 8.90. The molecule has 3 fully saturated rings. The summed E-state index contributed by atoms with van der Waals surface area (Å²) in [6.45, 7) is 12.2. The van der Waals surface area contributed by atoms with Crippen molar-refractivity contribution in [3.05, 3.63) is 94.2 Å². The molecule has 0 atom stereocenters. The predicted octanol–water partition coefficient (Wildman–Crippen LogP) is 9.65. The number of carbonyl (C=O) groups is 3. The second-order valence-corrected chi connectivity index (χ2v) is 18.2. The fourth-order valence-electron chi connectivity index (χ4n) is 8.45. The lowest BCUT2D eigenvalue weighted by Crippen LogP contribution is -2.36. The van der Waals surface area contributed by atoms with Crippen molar-refractivity contribution >= 4 is 80.0 Å². The minimum absolute atomic E-state index is 0.0378. The topological polar surface area (TPSA) is 156 Å².